The van der Waals surface area contributed by atoms with Crippen LogP contribution in [-0.4, -0.2) is 51.9 Å². The lowest BCUT2D eigenvalue weighted by atomic mass is 10.1. The van der Waals surface area contributed by atoms with Crippen LogP contribution in [0.2, 0.25) is 0 Å². The molecular weight excluding hydrogens is 452 g/mol. The van der Waals surface area contributed by atoms with Crippen LogP contribution in [-0.2, 0) is 24.3 Å². The van der Waals surface area contributed by atoms with Crippen molar-refractivity contribution in [2.75, 3.05) is 25.1 Å². The summed E-state index contributed by atoms with van der Waals surface area (Å²) in [6.45, 7) is 3.07. The minimum absolute atomic E-state index is 0.0977. The number of Topliss-reactive ketones (excluding diaryl/α,β-unsaturated/α-hetero) is 1. The number of ketones is 1. The van der Waals surface area contributed by atoms with Crippen molar-refractivity contribution >= 4 is 33.4 Å². The molecule has 2 aromatic rings. The topological polar surface area (TPSA) is 137 Å². The number of fused-ring (bicyclic) bond motifs is 1. The number of amides is 1. The Morgan fingerprint density at radius 3 is 2.36 bits per heavy atom. The minimum Gasteiger partial charge on any atom is -0.490 e. The van der Waals surface area contributed by atoms with Gasteiger partial charge in [-0.05, 0) is 49.4 Å². The molecule has 0 unspecified atom stereocenters. The van der Waals surface area contributed by atoms with Crippen LogP contribution in [0.15, 0.2) is 47.4 Å². The predicted molar refractivity (Wildman–Crippen MR) is 118 cm³/mol. The van der Waals surface area contributed by atoms with E-state index in [0.717, 1.165) is 6.42 Å². The van der Waals surface area contributed by atoms with E-state index in [-0.39, 0.29) is 16.4 Å². The Hall–Kier alpha value is -3.44. The molecule has 1 aliphatic rings. The van der Waals surface area contributed by atoms with E-state index < -0.39 is 34.4 Å². The molecule has 0 aliphatic carbocycles. The zero-order chi connectivity index (χ0) is 24.0. The van der Waals surface area contributed by atoms with E-state index in [0.29, 0.717) is 30.4 Å². The van der Waals surface area contributed by atoms with Gasteiger partial charge in [0, 0.05) is 24.6 Å². The molecule has 0 aromatic heterocycles. The highest BCUT2D eigenvalue weighted by Crippen LogP contribution is 2.30. The molecule has 0 saturated carbocycles. The number of ether oxygens (including phenoxy) is 3. The molecular formula is C22H24N2O8S. The number of carbonyl (C=O) groups is 3. The molecule has 2 aromatic carbocycles. The standard InChI is InChI=1S/C22H24N2O8S/c1-14(24-33(28,29)18-7-5-17(6-8-18)23-15(2)25)22(27)32-13-19(26)16-4-9-20-21(12-16)31-11-3-10-30-20/h4-9,12,14,24H,3,10-11,13H2,1-2H3,(H,23,25)/t14-/m0/s1. The highest BCUT2D eigenvalue weighted by molar-refractivity contribution is 7.89. The van der Waals surface area contributed by atoms with E-state index in [4.69, 9.17) is 14.2 Å². The average Bonchev–Trinajstić information content (AvgIpc) is 3.01. The maximum absolute atomic E-state index is 12.5. The molecule has 176 valence electrons. The second kappa shape index (κ2) is 10.5. The number of hydrogen-bond acceptors (Lipinski definition) is 8. The van der Waals surface area contributed by atoms with Gasteiger partial charge in [-0.1, -0.05) is 0 Å². The van der Waals surface area contributed by atoms with Gasteiger partial charge >= 0.3 is 5.97 Å². The molecule has 11 heteroatoms. The van der Waals surface area contributed by atoms with Crippen LogP contribution in [0.4, 0.5) is 5.69 Å². The van der Waals surface area contributed by atoms with Crippen LogP contribution in [0.25, 0.3) is 0 Å². The number of esters is 1. The zero-order valence-corrected chi connectivity index (χ0v) is 18.9. The van der Waals surface area contributed by atoms with Crippen molar-refractivity contribution in [1.29, 1.82) is 0 Å². The quantitative estimate of drug-likeness (QED) is 0.435. The molecule has 1 atom stereocenters. The highest BCUT2D eigenvalue weighted by atomic mass is 32.2. The van der Waals surface area contributed by atoms with Crippen LogP contribution < -0.4 is 19.5 Å². The molecule has 0 fully saturated rings. The van der Waals surface area contributed by atoms with Gasteiger partial charge in [0.1, 0.15) is 6.04 Å². The SMILES string of the molecule is CC(=O)Nc1ccc(S(=O)(=O)N[C@@H](C)C(=O)OCC(=O)c2ccc3c(c2)OCCCO3)cc1. The molecule has 33 heavy (non-hydrogen) atoms. The van der Waals surface area contributed by atoms with Crippen LogP contribution in [0.3, 0.4) is 0 Å². The second-order valence-corrected chi connectivity index (χ2v) is 9.01. The summed E-state index contributed by atoms with van der Waals surface area (Å²) < 4.78 is 43.3. The first-order chi connectivity index (χ1) is 15.7. The summed E-state index contributed by atoms with van der Waals surface area (Å²) >= 11 is 0. The van der Waals surface area contributed by atoms with Crippen molar-refractivity contribution in [3.05, 3.63) is 48.0 Å². The molecule has 0 bridgehead atoms. The lowest BCUT2D eigenvalue weighted by molar-refractivity contribution is -0.144. The molecule has 10 nitrogen and oxygen atoms in total. The smallest absolute Gasteiger partial charge is 0.324 e. The summed E-state index contributed by atoms with van der Waals surface area (Å²) in [4.78, 5) is 35.6. The van der Waals surface area contributed by atoms with Gasteiger partial charge < -0.3 is 19.5 Å². The molecule has 1 amide bonds. The van der Waals surface area contributed by atoms with Crippen LogP contribution in [0, 0.1) is 0 Å². The molecule has 1 heterocycles. The van der Waals surface area contributed by atoms with Gasteiger partial charge in [0.05, 0.1) is 18.1 Å². The molecule has 2 N–H and O–H groups in total. The van der Waals surface area contributed by atoms with E-state index in [1.165, 1.54) is 44.2 Å². The third-order valence-electron chi connectivity index (χ3n) is 4.59. The van der Waals surface area contributed by atoms with Crippen LogP contribution >= 0.6 is 0 Å². The predicted octanol–water partition coefficient (Wildman–Crippen LogP) is 1.90. The molecule has 0 saturated heterocycles. The number of benzene rings is 2. The Morgan fingerprint density at radius 1 is 1.03 bits per heavy atom. The number of nitrogens with one attached hydrogen (secondary N) is 2. The Bertz CT molecular complexity index is 1150. The van der Waals surface area contributed by atoms with E-state index in [1.54, 1.807) is 12.1 Å². The largest absolute Gasteiger partial charge is 0.490 e. The van der Waals surface area contributed by atoms with Gasteiger partial charge in [-0.3, -0.25) is 14.4 Å². The average molecular weight is 477 g/mol. The second-order valence-electron chi connectivity index (χ2n) is 7.29. The summed E-state index contributed by atoms with van der Waals surface area (Å²) in [6.07, 6.45) is 0.725. The number of sulfonamides is 1. The Morgan fingerprint density at radius 2 is 1.70 bits per heavy atom. The fourth-order valence-corrected chi connectivity index (χ4v) is 4.14. The Labute approximate surface area is 191 Å². The summed E-state index contributed by atoms with van der Waals surface area (Å²) in [5.74, 6) is -0.690. The van der Waals surface area contributed by atoms with Crippen LogP contribution in [0.5, 0.6) is 11.5 Å². The van der Waals surface area contributed by atoms with Gasteiger partial charge in [0.15, 0.2) is 23.9 Å². The number of rotatable bonds is 8. The maximum atomic E-state index is 12.5. The first-order valence-corrected chi connectivity index (χ1v) is 11.6. The fourth-order valence-electron chi connectivity index (χ4n) is 2.95. The summed E-state index contributed by atoms with van der Waals surface area (Å²) in [5.41, 5.74) is 0.710. The lowest BCUT2D eigenvalue weighted by Gasteiger charge is -2.14. The number of hydrogen-bond donors (Lipinski definition) is 2. The maximum Gasteiger partial charge on any atom is 0.324 e. The van der Waals surface area contributed by atoms with Gasteiger partial charge in [-0.2, -0.15) is 4.72 Å². The van der Waals surface area contributed by atoms with Crippen LogP contribution in [0.1, 0.15) is 30.6 Å². The van der Waals surface area contributed by atoms with E-state index in [2.05, 4.69) is 10.0 Å². The van der Waals surface area contributed by atoms with E-state index >= 15 is 0 Å². The van der Waals surface area contributed by atoms with E-state index in [1.807, 2.05) is 0 Å². The molecule has 0 spiro atoms. The summed E-state index contributed by atoms with van der Waals surface area (Å²) in [5, 5.41) is 2.53. The monoisotopic (exact) mass is 476 g/mol. The van der Waals surface area contributed by atoms with Gasteiger partial charge in [-0.25, -0.2) is 8.42 Å². The number of anilines is 1. The van der Waals surface area contributed by atoms with Gasteiger partial charge in [0.25, 0.3) is 0 Å². The summed E-state index contributed by atoms with van der Waals surface area (Å²) in [6, 6.07) is 8.87. The summed E-state index contributed by atoms with van der Waals surface area (Å²) in [7, 11) is -4.03. The molecule has 3 rings (SSSR count). The molecule has 1 aliphatic heterocycles. The normalized spacial score (nSPS) is 14.0. The number of carbonyl (C=O) groups excluding carboxylic acids is 3. The van der Waals surface area contributed by atoms with Crippen molar-refractivity contribution in [2.24, 2.45) is 0 Å². The van der Waals surface area contributed by atoms with Crippen molar-refractivity contribution in [3.8, 4) is 11.5 Å². The zero-order valence-electron chi connectivity index (χ0n) is 18.1. The van der Waals surface area contributed by atoms with Gasteiger partial charge in [0.2, 0.25) is 15.9 Å². The molecule has 0 radical (unpaired) electrons. The van der Waals surface area contributed by atoms with Gasteiger partial charge in [-0.15, -0.1) is 0 Å². The third kappa shape index (κ3) is 6.53. The van der Waals surface area contributed by atoms with Crippen molar-refractivity contribution < 1.29 is 37.0 Å². The lowest BCUT2D eigenvalue weighted by Crippen LogP contribution is -2.40. The van der Waals surface area contributed by atoms with E-state index in [9.17, 15) is 22.8 Å². The Balaban J connectivity index is 1.56. The minimum atomic E-state index is -4.03. The van der Waals surface area contributed by atoms with Crippen molar-refractivity contribution in [3.63, 3.8) is 0 Å². The highest BCUT2D eigenvalue weighted by Gasteiger charge is 2.24. The third-order valence-corrected chi connectivity index (χ3v) is 6.14. The first-order valence-electron chi connectivity index (χ1n) is 10.2. The van der Waals surface area contributed by atoms with Crippen molar-refractivity contribution in [2.45, 2.75) is 31.2 Å². The Kier molecular flexibility index (Phi) is 7.67. The first kappa shape index (κ1) is 24.2. The fraction of sp³-hybridized carbons (Fsp3) is 0.318. The van der Waals surface area contributed by atoms with Crippen molar-refractivity contribution in [1.82, 2.24) is 4.72 Å².